The van der Waals surface area contributed by atoms with Gasteiger partial charge in [-0.15, -0.1) is 0 Å². The molecule has 1 unspecified atom stereocenters. The maximum absolute atomic E-state index is 5.68. The van der Waals surface area contributed by atoms with Gasteiger partial charge in [-0.25, -0.2) is 9.97 Å². The summed E-state index contributed by atoms with van der Waals surface area (Å²) in [6, 6.07) is 8.10. The average molecular weight is 258 g/mol. The highest BCUT2D eigenvalue weighted by molar-refractivity contribution is 5.36. The molecule has 1 heterocycles. The second-order valence-corrected chi connectivity index (χ2v) is 4.50. The highest BCUT2D eigenvalue weighted by atomic mass is 16.5. The van der Waals surface area contributed by atoms with Crippen molar-refractivity contribution in [3.63, 3.8) is 0 Å². The zero-order chi connectivity index (χ0) is 13.7. The molecule has 2 aromatic rings. The van der Waals surface area contributed by atoms with E-state index < -0.39 is 0 Å². The molecule has 5 heteroatoms. The van der Waals surface area contributed by atoms with Crippen LogP contribution in [0.15, 0.2) is 36.7 Å². The molecule has 0 radical (unpaired) electrons. The molecule has 0 aliphatic rings. The molecule has 0 bridgehead atoms. The monoisotopic (exact) mass is 258 g/mol. The fourth-order valence-corrected chi connectivity index (χ4v) is 1.56. The first-order valence-corrected chi connectivity index (χ1v) is 6.17. The zero-order valence-corrected chi connectivity index (χ0v) is 11.1. The highest BCUT2D eigenvalue weighted by Gasteiger charge is 2.04. The smallest absolute Gasteiger partial charge is 0.144 e. The van der Waals surface area contributed by atoms with Gasteiger partial charge in [-0.3, -0.25) is 0 Å². The van der Waals surface area contributed by atoms with Crippen molar-refractivity contribution in [3.05, 3.63) is 42.2 Å². The summed E-state index contributed by atoms with van der Waals surface area (Å²) in [4.78, 5) is 8.10. The van der Waals surface area contributed by atoms with Crippen molar-refractivity contribution in [2.24, 2.45) is 0 Å². The lowest BCUT2D eigenvalue weighted by atomic mass is 10.2. The van der Waals surface area contributed by atoms with Crippen molar-refractivity contribution < 1.29 is 4.74 Å². The summed E-state index contributed by atoms with van der Waals surface area (Å²) in [5.74, 6) is 1.96. The van der Waals surface area contributed by atoms with E-state index in [-0.39, 0.29) is 6.04 Å². The van der Waals surface area contributed by atoms with Crippen LogP contribution in [0.4, 0.5) is 11.6 Å². The highest BCUT2D eigenvalue weighted by Crippen LogP contribution is 2.12. The molecule has 1 aromatic heterocycles. The molecule has 0 fully saturated rings. The fraction of sp³-hybridized carbons (Fsp3) is 0.286. The first kappa shape index (κ1) is 13.1. The topological polar surface area (TPSA) is 73.1 Å². The summed E-state index contributed by atoms with van der Waals surface area (Å²) in [7, 11) is 0. The summed E-state index contributed by atoms with van der Waals surface area (Å²) >= 11 is 0. The van der Waals surface area contributed by atoms with E-state index in [0.717, 1.165) is 5.75 Å². The number of nitrogen functional groups attached to an aromatic ring is 1. The Labute approximate surface area is 112 Å². The van der Waals surface area contributed by atoms with Crippen molar-refractivity contribution in [2.75, 3.05) is 17.7 Å². The Bertz CT molecular complexity index is 510. The summed E-state index contributed by atoms with van der Waals surface area (Å²) < 4.78 is 5.68. The minimum Gasteiger partial charge on any atom is -0.491 e. The van der Waals surface area contributed by atoms with Crippen LogP contribution in [0, 0.1) is 6.92 Å². The first-order valence-electron chi connectivity index (χ1n) is 6.17. The second-order valence-electron chi connectivity index (χ2n) is 4.50. The van der Waals surface area contributed by atoms with Gasteiger partial charge in [-0.05, 0) is 26.0 Å². The number of aromatic nitrogens is 2. The van der Waals surface area contributed by atoms with Gasteiger partial charge in [-0.1, -0.05) is 17.7 Å². The fourth-order valence-electron chi connectivity index (χ4n) is 1.56. The molecular formula is C14H18N4O. The van der Waals surface area contributed by atoms with Crippen LogP contribution in [0.25, 0.3) is 0 Å². The van der Waals surface area contributed by atoms with E-state index in [2.05, 4.69) is 15.3 Å². The van der Waals surface area contributed by atoms with Crippen molar-refractivity contribution in [1.82, 2.24) is 9.97 Å². The van der Waals surface area contributed by atoms with Crippen LogP contribution in [0.1, 0.15) is 12.5 Å². The Hall–Kier alpha value is -2.30. The number of benzene rings is 1. The maximum Gasteiger partial charge on any atom is 0.144 e. The van der Waals surface area contributed by atoms with Gasteiger partial charge in [0, 0.05) is 0 Å². The number of ether oxygens (including phenoxy) is 1. The van der Waals surface area contributed by atoms with Crippen LogP contribution in [0.2, 0.25) is 0 Å². The van der Waals surface area contributed by atoms with Gasteiger partial charge in [0.2, 0.25) is 0 Å². The third-order valence-corrected chi connectivity index (χ3v) is 2.59. The standard InChI is InChI=1S/C14H18N4O/c1-10-3-5-12(6-4-10)19-9-11(2)18-14-8-16-13(15)7-17-14/h3-8,11H,9H2,1-2H3,(H2,15,16)(H,17,18). The Morgan fingerprint density at radius 1 is 1.21 bits per heavy atom. The van der Waals surface area contributed by atoms with Gasteiger partial charge in [0.25, 0.3) is 0 Å². The van der Waals surface area contributed by atoms with Crippen molar-refractivity contribution in [3.8, 4) is 5.75 Å². The molecule has 0 aliphatic heterocycles. The molecule has 19 heavy (non-hydrogen) atoms. The van der Waals surface area contributed by atoms with Gasteiger partial charge >= 0.3 is 0 Å². The van der Waals surface area contributed by atoms with Crippen molar-refractivity contribution in [2.45, 2.75) is 19.9 Å². The number of nitrogens with zero attached hydrogens (tertiary/aromatic N) is 2. The average Bonchev–Trinajstić information content (AvgIpc) is 2.41. The van der Waals surface area contributed by atoms with Crippen molar-refractivity contribution >= 4 is 11.6 Å². The Morgan fingerprint density at radius 2 is 1.95 bits per heavy atom. The summed E-state index contributed by atoms with van der Waals surface area (Å²) in [5.41, 5.74) is 6.70. The van der Waals surface area contributed by atoms with Crippen LogP contribution in [0.5, 0.6) is 5.75 Å². The number of hydrogen-bond donors (Lipinski definition) is 2. The second kappa shape index (κ2) is 6.04. The maximum atomic E-state index is 5.68. The minimum atomic E-state index is 0.124. The van der Waals surface area contributed by atoms with Gasteiger partial charge in [0.05, 0.1) is 18.4 Å². The third-order valence-electron chi connectivity index (χ3n) is 2.59. The lowest BCUT2D eigenvalue weighted by Crippen LogP contribution is -2.24. The SMILES string of the molecule is Cc1ccc(OCC(C)Nc2cnc(N)cn2)cc1. The van der Waals surface area contributed by atoms with Crippen LogP contribution in [-0.4, -0.2) is 22.6 Å². The molecule has 2 rings (SSSR count). The summed E-state index contributed by atoms with van der Waals surface area (Å²) in [6.45, 7) is 4.62. The molecule has 0 aliphatic carbocycles. The van der Waals surface area contributed by atoms with E-state index >= 15 is 0 Å². The number of anilines is 2. The van der Waals surface area contributed by atoms with E-state index in [1.54, 1.807) is 6.20 Å². The predicted molar refractivity (Wildman–Crippen MR) is 76.2 cm³/mol. The lowest BCUT2D eigenvalue weighted by molar-refractivity contribution is 0.303. The third kappa shape index (κ3) is 4.13. The van der Waals surface area contributed by atoms with Crippen LogP contribution < -0.4 is 15.8 Å². The quantitative estimate of drug-likeness (QED) is 0.860. The molecule has 1 atom stereocenters. The number of aryl methyl sites for hydroxylation is 1. The molecule has 0 saturated heterocycles. The van der Waals surface area contributed by atoms with E-state index in [1.807, 2.05) is 38.1 Å². The lowest BCUT2D eigenvalue weighted by Gasteiger charge is -2.15. The summed E-state index contributed by atoms with van der Waals surface area (Å²) in [5, 5.41) is 3.20. The molecule has 3 N–H and O–H groups in total. The number of nitrogens with two attached hydrogens (primary N) is 1. The van der Waals surface area contributed by atoms with Crippen LogP contribution in [-0.2, 0) is 0 Å². The van der Waals surface area contributed by atoms with Gasteiger partial charge in [-0.2, -0.15) is 0 Å². The number of rotatable bonds is 5. The summed E-state index contributed by atoms with van der Waals surface area (Å²) in [6.07, 6.45) is 3.13. The van der Waals surface area contributed by atoms with Gasteiger partial charge in [0.15, 0.2) is 0 Å². The Morgan fingerprint density at radius 3 is 2.58 bits per heavy atom. The molecule has 100 valence electrons. The molecule has 1 aromatic carbocycles. The van der Waals surface area contributed by atoms with Crippen molar-refractivity contribution in [1.29, 1.82) is 0 Å². The Balaban J connectivity index is 1.82. The molecule has 0 spiro atoms. The predicted octanol–water partition coefficient (Wildman–Crippen LogP) is 2.25. The van der Waals surface area contributed by atoms with E-state index in [0.29, 0.717) is 18.2 Å². The molecular weight excluding hydrogens is 240 g/mol. The molecule has 0 saturated carbocycles. The minimum absolute atomic E-state index is 0.124. The van der Waals surface area contributed by atoms with Gasteiger partial charge < -0.3 is 15.8 Å². The van der Waals surface area contributed by atoms with Crippen LogP contribution in [0.3, 0.4) is 0 Å². The molecule has 5 nitrogen and oxygen atoms in total. The first-order chi connectivity index (χ1) is 9.13. The van der Waals surface area contributed by atoms with Gasteiger partial charge in [0.1, 0.15) is 24.0 Å². The number of hydrogen-bond acceptors (Lipinski definition) is 5. The largest absolute Gasteiger partial charge is 0.491 e. The molecule has 0 amide bonds. The van der Waals surface area contributed by atoms with E-state index in [9.17, 15) is 0 Å². The van der Waals surface area contributed by atoms with E-state index in [1.165, 1.54) is 11.8 Å². The Kier molecular flexibility index (Phi) is 4.18. The van der Waals surface area contributed by atoms with E-state index in [4.69, 9.17) is 10.5 Å². The zero-order valence-electron chi connectivity index (χ0n) is 11.1. The normalized spacial score (nSPS) is 11.9. The number of nitrogens with one attached hydrogen (secondary N) is 1. The van der Waals surface area contributed by atoms with Crippen LogP contribution >= 0.6 is 0 Å².